The van der Waals surface area contributed by atoms with E-state index in [4.69, 9.17) is 62.7 Å². The number of nitrogens with zero attached hydrogens (tertiary/aromatic N) is 1. The standard InChI is InChI=1S/C17H21Cl5N2O4/c1-9(7-18)12(16(27)28-8-17(20,21)22)24-13(19)11(15(24)26)23-14(25)10-5-3-2-4-6-10/h10-13H,1-8H2,(H,23,25). The minimum absolute atomic E-state index is 0.111. The van der Waals surface area contributed by atoms with Gasteiger partial charge in [0.25, 0.3) is 5.91 Å². The third-order valence-corrected chi connectivity index (χ3v) is 5.91. The predicted octanol–water partition coefficient (Wildman–Crippen LogP) is 3.54. The van der Waals surface area contributed by atoms with Gasteiger partial charge in [0.05, 0.1) is 0 Å². The molecule has 1 saturated carbocycles. The molecule has 0 radical (unpaired) electrons. The van der Waals surface area contributed by atoms with E-state index in [1.54, 1.807) is 0 Å². The van der Waals surface area contributed by atoms with Crippen LogP contribution in [0.25, 0.3) is 0 Å². The lowest BCUT2D eigenvalue weighted by atomic mass is 9.88. The number of esters is 1. The largest absolute Gasteiger partial charge is 0.459 e. The lowest BCUT2D eigenvalue weighted by molar-refractivity contribution is -0.163. The zero-order valence-electron chi connectivity index (χ0n) is 14.9. The summed E-state index contributed by atoms with van der Waals surface area (Å²) in [5.41, 5.74) is -0.752. The van der Waals surface area contributed by atoms with E-state index < -0.39 is 39.9 Å². The Kier molecular flexibility index (Phi) is 8.59. The van der Waals surface area contributed by atoms with Crippen LogP contribution in [0.1, 0.15) is 32.1 Å². The molecule has 158 valence electrons. The zero-order valence-corrected chi connectivity index (χ0v) is 18.7. The van der Waals surface area contributed by atoms with Gasteiger partial charge in [-0.2, -0.15) is 0 Å². The van der Waals surface area contributed by atoms with Crippen LogP contribution in [0.4, 0.5) is 0 Å². The lowest BCUT2D eigenvalue weighted by Crippen LogP contribution is -2.72. The van der Waals surface area contributed by atoms with E-state index in [2.05, 4.69) is 11.9 Å². The van der Waals surface area contributed by atoms with E-state index in [0.717, 1.165) is 37.0 Å². The van der Waals surface area contributed by atoms with Crippen LogP contribution < -0.4 is 5.32 Å². The van der Waals surface area contributed by atoms with Gasteiger partial charge >= 0.3 is 5.97 Å². The number of hydrogen-bond acceptors (Lipinski definition) is 4. The second-order valence-electron chi connectivity index (χ2n) is 6.86. The predicted molar refractivity (Wildman–Crippen MR) is 110 cm³/mol. The van der Waals surface area contributed by atoms with E-state index >= 15 is 0 Å². The molecule has 1 N–H and O–H groups in total. The number of nitrogens with one attached hydrogen (secondary N) is 1. The van der Waals surface area contributed by atoms with Gasteiger partial charge in [-0.3, -0.25) is 9.59 Å². The Morgan fingerprint density at radius 3 is 2.36 bits per heavy atom. The Morgan fingerprint density at radius 2 is 1.86 bits per heavy atom. The molecule has 3 unspecified atom stereocenters. The average molecular weight is 495 g/mol. The van der Waals surface area contributed by atoms with Crippen LogP contribution in [0.2, 0.25) is 0 Å². The summed E-state index contributed by atoms with van der Waals surface area (Å²) < 4.78 is 3.16. The first-order chi connectivity index (χ1) is 13.1. The molecule has 0 aromatic rings. The SMILES string of the molecule is C=C(CCl)C(C(=O)OCC(Cl)(Cl)Cl)N1C(=O)C(NC(=O)C2CCCCC2)C1Cl. The number of β-lactam (4-membered cyclic amide) rings is 1. The van der Waals surface area contributed by atoms with E-state index in [1.807, 2.05) is 0 Å². The molecule has 0 bridgehead atoms. The van der Waals surface area contributed by atoms with Crippen molar-refractivity contribution in [3.8, 4) is 0 Å². The molecule has 0 aromatic heterocycles. The van der Waals surface area contributed by atoms with Crippen molar-refractivity contribution >= 4 is 75.8 Å². The Morgan fingerprint density at radius 1 is 1.25 bits per heavy atom. The molecule has 11 heteroatoms. The number of ether oxygens (including phenoxy) is 1. The van der Waals surface area contributed by atoms with Gasteiger partial charge in [0.15, 0.2) is 6.04 Å². The van der Waals surface area contributed by atoms with Crippen molar-refractivity contribution in [2.45, 2.75) is 53.5 Å². The first-order valence-corrected chi connectivity index (χ1v) is 10.9. The van der Waals surface area contributed by atoms with Crippen LogP contribution in [0.15, 0.2) is 12.2 Å². The molecule has 2 rings (SSSR count). The van der Waals surface area contributed by atoms with Gasteiger partial charge in [-0.15, -0.1) is 11.6 Å². The van der Waals surface area contributed by atoms with Crippen LogP contribution in [-0.4, -0.2) is 56.5 Å². The molecule has 28 heavy (non-hydrogen) atoms. The topological polar surface area (TPSA) is 75.7 Å². The number of alkyl halides is 5. The smallest absolute Gasteiger partial charge is 0.333 e. The third kappa shape index (κ3) is 5.82. The molecule has 0 aromatic carbocycles. The van der Waals surface area contributed by atoms with E-state index in [1.165, 1.54) is 0 Å². The molecule has 0 spiro atoms. The van der Waals surface area contributed by atoms with Crippen molar-refractivity contribution in [1.29, 1.82) is 0 Å². The first kappa shape index (κ1) is 23.9. The van der Waals surface area contributed by atoms with Gasteiger partial charge in [0.1, 0.15) is 18.1 Å². The molecule has 6 nitrogen and oxygen atoms in total. The molecule has 2 fully saturated rings. The summed E-state index contributed by atoms with van der Waals surface area (Å²) in [6, 6.07) is -2.16. The van der Waals surface area contributed by atoms with Gasteiger partial charge < -0.3 is 15.0 Å². The summed E-state index contributed by atoms with van der Waals surface area (Å²) in [5.74, 6) is -1.82. The Labute approximate surface area is 188 Å². The van der Waals surface area contributed by atoms with Crippen LogP contribution in [0.3, 0.4) is 0 Å². The summed E-state index contributed by atoms with van der Waals surface area (Å²) in [5, 5.41) is 2.68. The number of amides is 2. The number of hydrogen-bond donors (Lipinski definition) is 1. The summed E-state index contributed by atoms with van der Waals surface area (Å²) in [7, 11) is 0. The number of carbonyl (C=O) groups is 3. The molecule has 1 aliphatic heterocycles. The zero-order chi connectivity index (χ0) is 21.1. The van der Waals surface area contributed by atoms with E-state index in [9.17, 15) is 14.4 Å². The number of likely N-dealkylation sites (tertiary alicyclic amines) is 1. The maximum atomic E-state index is 12.6. The summed E-state index contributed by atoms with van der Waals surface area (Å²) in [4.78, 5) is 38.5. The summed E-state index contributed by atoms with van der Waals surface area (Å²) in [6.45, 7) is 3.18. The molecule has 3 atom stereocenters. The number of halogens is 5. The fourth-order valence-electron chi connectivity index (χ4n) is 3.30. The average Bonchev–Trinajstić information content (AvgIpc) is 2.67. The molecule has 1 saturated heterocycles. The van der Waals surface area contributed by atoms with Crippen molar-refractivity contribution in [3.63, 3.8) is 0 Å². The molecule has 2 amide bonds. The molecule has 1 heterocycles. The Balaban J connectivity index is 2.03. The van der Waals surface area contributed by atoms with Crippen molar-refractivity contribution in [2.75, 3.05) is 12.5 Å². The monoisotopic (exact) mass is 492 g/mol. The van der Waals surface area contributed by atoms with Crippen molar-refractivity contribution in [2.24, 2.45) is 5.92 Å². The van der Waals surface area contributed by atoms with Gasteiger partial charge in [0.2, 0.25) is 9.70 Å². The van der Waals surface area contributed by atoms with Gasteiger partial charge in [-0.05, 0) is 18.4 Å². The molecule has 1 aliphatic carbocycles. The second-order valence-corrected chi connectivity index (χ2v) is 10.1. The maximum absolute atomic E-state index is 12.6. The van der Waals surface area contributed by atoms with Crippen LogP contribution >= 0.6 is 58.0 Å². The highest BCUT2D eigenvalue weighted by Gasteiger charge is 2.53. The van der Waals surface area contributed by atoms with Crippen molar-refractivity contribution < 1.29 is 19.1 Å². The van der Waals surface area contributed by atoms with Crippen molar-refractivity contribution in [3.05, 3.63) is 12.2 Å². The quantitative estimate of drug-likeness (QED) is 0.193. The fourth-order valence-corrected chi connectivity index (χ4v) is 3.99. The highest BCUT2D eigenvalue weighted by atomic mass is 35.6. The van der Waals surface area contributed by atoms with Crippen LogP contribution in [0.5, 0.6) is 0 Å². The van der Waals surface area contributed by atoms with E-state index in [0.29, 0.717) is 0 Å². The Hall–Kier alpha value is -0.400. The fraction of sp³-hybridized carbons (Fsp3) is 0.706. The van der Waals surface area contributed by atoms with Crippen LogP contribution in [0, 0.1) is 5.92 Å². The third-order valence-electron chi connectivity index (χ3n) is 4.77. The molecular weight excluding hydrogens is 473 g/mol. The highest BCUT2D eigenvalue weighted by molar-refractivity contribution is 6.67. The van der Waals surface area contributed by atoms with Crippen molar-refractivity contribution in [1.82, 2.24) is 10.2 Å². The number of rotatable bonds is 7. The molecule has 2 aliphatic rings. The van der Waals surface area contributed by atoms with Crippen LogP contribution in [-0.2, 0) is 19.1 Å². The van der Waals surface area contributed by atoms with Gasteiger partial charge in [0, 0.05) is 11.8 Å². The lowest BCUT2D eigenvalue weighted by Gasteiger charge is -2.47. The first-order valence-electron chi connectivity index (χ1n) is 8.80. The summed E-state index contributed by atoms with van der Waals surface area (Å²) >= 11 is 28.9. The molecular formula is C17H21Cl5N2O4. The highest BCUT2D eigenvalue weighted by Crippen LogP contribution is 2.32. The van der Waals surface area contributed by atoms with E-state index in [-0.39, 0.29) is 23.3 Å². The number of carbonyl (C=O) groups excluding carboxylic acids is 3. The minimum Gasteiger partial charge on any atom is -0.459 e. The normalized spacial score (nSPS) is 24.3. The van der Waals surface area contributed by atoms with Gasteiger partial charge in [-0.25, -0.2) is 4.79 Å². The minimum atomic E-state index is -1.81. The van der Waals surface area contributed by atoms with Gasteiger partial charge in [-0.1, -0.05) is 72.2 Å². The second kappa shape index (κ2) is 10.1. The maximum Gasteiger partial charge on any atom is 0.333 e. The summed E-state index contributed by atoms with van der Waals surface area (Å²) in [6.07, 6.45) is 4.66. The Bertz CT molecular complexity index is 634.